The number of ether oxygens (including phenoxy) is 3. The molecule has 0 unspecified atom stereocenters. The third-order valence-electron chi connectivity index (χ3n) is 4.72. The molecular formula is C27H32O4S. The van der Waals surface area contributed by atoms with Crippen molar-refractivity contribution < 1.29 is 19.0 Å². The van der Waals surface area contributed by atoms with Crippen LogP contribution < -0.4 is 4.74 Å². The van der Waals surface area contributed by atoms with Gasteiger partial charge in [0.1, 0.15) is 24.7 Å². The van der Waals surface area contributed by atoms with Gasteiger partial charge in [-0.1, -0.05) is 49.6 Å². The summed E-state index contributed by atoms with van der Waals surface area (Å²) in [6.07, 6.45) is 1.72. The zero-order valence-corrected chi connectivity index (χ0v) is 20.2. The highest BCUT2D eigenvalue weighted by Crippen LogP contribution is 2.26. The van der Waals surface area contributed by atoms with Crippen LogP contribution in [-0.2, 0) is 9.47 Å². The van der Waals surface area contributed by atoms with Crippen molar-refractivity contribution >= 4 is 17.7 Å². The summed E-state index contributed by atoms with van der Waals surface area (Å²) in [6.45, 7) is 16.5. The van der Waals surface area contributed by atoms with E-state index < -0.39 is 0 Å². The fourth-order valence-electron chi connectivity index (χ4n) is 3.11. The normalized spacial score (nSPS) is 11.4. The van der Waals surface area contributed by atoms with Crippen LogP contribution in [0.1, 0.15) is 35.3 Å². The Morgan fingerprint density at radius 2 is 1.62 bits per heavy atom. The predicted molar refractivity (Wildman–Crippen MR) is 133 cm³/mol. The quantitative estimate of drug-likeness (QED) is 0.118. The molecule has 0 heterocycles. The first-order valence-corrected chi connectivity index (χ1v) is 11.5. The first-order valence-electron chi connectivity index (χ1n) is 10.5. The Balaban J connectivity index is 1.87. The molecule has 0 N–H and O–H groups in total. The summed E-state index contributed by atoms with van der Waals surface area (Å²) in [5.74, 6) is 1.95. The van der Waals surface area contributed by atoms with Crippen LogP contribution in [0.4, 0.5) is 0 Å². The Morgan fingerprint density at radius 1 is 0.969 bits per heavy atom. The molecule has 0 aliphatic rings. The number of carbonyl (C=O) groups is 1. The minimum absolute atomic E-state index is 0.148. The molecule has 170 valence electrons. The van der Waals surface area contributed by atoms with Crippen LogP contribution in [0.3, 0.4) is 0 Å². The molecule has 2 aromatic carbocycles. The summed E-state index contributed by atoms with van der Waals surface area (Å²) >= 11 is 1.57. The standard InChI is InChI=1S/C27H32O4S/c1-7-20(4)25(19(2)3)29-15-16-31-27(28)23-13-8-9-14-24(23)32-18-17-30-26-21(5)11-10-12-22(26)6/h7-14H,1-2,15-18H2,3-6H3/b25-20+. The number of benzene rings is 2. The molecular weight excluding hydrogens is 420 g/mol. The van der Waals surface area contributed by atoms with Gasteiger partial charge >= 0.3 is 5.97 Å². The van der Waals surface area contributed by atoms with Gasteiger partial charge in [0.05, 0.1) is 12.2 Å². The lowest BCUT2D eigenvalue weighted by Crippen LogP contribution is -2.12. The van der Waals surface area contributed by atoms with Crippen molar-refractivity contribution in [1.29, 1.82) is 0 Å². The Kier molecular flexibility index (Phi) is 10.2. The second-order valence-electron chi connectivity index (χ2n) is 7.39. The molecule has 0 atom stereocenters. The van der Waals surface area contributed by atoms with Crippen LogP contribution in [0.2, 0.25) is 0 Å². The average Bonchev–Trinajstić information content (AvgIpc) is 2.77. The first kappa shape index (κ1) is 25.3. The highest BCUT2D eigenvalue weighted by Gasteiger charge is 2.13. The molecule has 0 aromatic heterocycles. The minimum Gasteiger partial charge on any atom is -0.492 e. The fraction of sp³-hybridized carbons (Fsp3) is 0.296. The predicted octanol–water partition coefficient (Wildman–Crippen LogP) is 6.68. The van der Waals surface area contributed by atoms with Gasteiger partial charge < -0.3 is 14.2 Å². The minimum atomic E-state index is -0.367. The molecule has 2 aromatic rings. The van der Waals surface area contributed by atoms with Crippen LogP contribution in [-0.4, -0.2) is 31.5 Å². The monoisotopic (exact) mass is 452 g/mol. The lowest BCUT2D eigenvalue weighted by atomic mass is 10.1. The smallest absolute Gasteiger partial charge is 0.339 e. The van der Waals surface area contributed by atoms with E-state index in [1.807, 2.05) is 64.1 Å². The number of hydrogen-bond donors (Lipinski definition) is 0. The molecule has 0 spiro atoms. The second kappa shape index (κ2) is 12.8. The van der Waals surface area contributed by atoms with E-state index in [0.29, 0.717) is 17.9 Å². The zero-order chi connectivity index (χ0) is 23.5. The maximum atomic E-state index is 12.6. The number of allylic oxidation sites excluding steroid dienone is 3. The molecule has 0 fully saturated rings. The lowest BCUT2D eigenvalue weighted by Gasteiger charge is -2.14. The van der Waals surface area contributed by atoms with Crippen molar-refractivity contribution in [2.75, 3.05) is 25.6 Å². The van der Waals surface area contributed by atoms with Gasteiger partial charge in [-0.05, 0) is 62.1 Å². The lowest BCUT2D eigenvalue weighted by molar-refractivity contribution is 0.0400. The Bertz CT molecular complexity index is 971. The molecule has 0 saturated carbocycles. The van der Waals surface area contributed by atoms with Crippen LogP contribution in [0.5, 0.6) is 5.75 Å². The van der Waals surface area contributed by atoms with Crippen LogP contribution in [0, 0.1) is 13.8 Å². The van der Waals surface area contributed by atoms with E-state index >= 15 is 0 Å². The number of esters is 1. The average molecular weight is 453 g/mol. The first-order chi connectivity index (χ1) is 15.3. The fourth-order valence-corrected chi connectivity index (χ4v) is 3.97. The van der Waals surface area contributed by atoms with E-state index in [0.717, 1.165) is 38.7 Å². The molecule has 0 radical (unpaired) electrons. The maximum Gasteiger partial charge on any atom is 0.339 e. The molecule has 0 bridgehead atoms. The Hall–Kier alpha value is -2.92. The summed E-state index contributed by atoms with van der Waals surface area (Å²) in [6, 6.07) is 13.5. The summed E-state index contributed by atoms with van der Waals surface area (Å²) in [4.78, 5) is 13.5. The molecule has 0 aliphatic carbocycles. The molecule has 0 aliphatic heterocycles. The Labute approximate surface area is 196 Å². The molecule has 32 heavy (non-hydrogen) atoms. The largest absolute Gasteiger partial charge is 0.492 e. The van der Waals surface area contributed by atoms with E-state index in [4.69, 9.17) is 14.2 Å². The van der Waals surface area contributed by atoms with Gasteiger partial charge in [0.25, 0.3) is 0 Å². The van der Waals surface area contributed by atoms with Gasteiger partial charge in [-0.3, -0.25) is 0 Å². The van der Waals surface area contributed by atoms with Gasteiger partial charge in [0.2, 0.25) is 0 Å². The van der Waals surface area contributed by atoms with Crippen LogP contribution in [0.25, 0.3) is 0 Å². The van der Waals surface area contributed by atoms with E-state index in [1.54, 1.807) is 23.9 Å². The summed E-state index contributed by atoms with van der Waals surface area (Å²) in [5, 5.41) is 0. The molecule has 4 nitrogen and oxygen atoms in total. The van der Waals surface area contributed by atoms with Crippen molar-refractivity contribution in [3.8, 4) is 5.75 Å². The number of thioether (sulfide) groups is 1. The molecule has 5 heteroatoms. The number of aryl methyl sites for hydroxylation is 2. The van der Waals surface area contributed by atoms with Crippen molar-refractivity contribution in [2.45, 2.75) is 32.6 Å². The maximum absolute atomic E-state index is 12.6. The highest BCUT2D eigenvalue weighted by atomic mass is 32.2. The van der Waals surface area contributed by atoms with Gasteiger partial charge in [-0.25, -0.2) is 4.79 Å². The Morgan fingerprint density at radius 3 is 2.28 bits per heavy atom. The summed E-state index contributed by atoms with van der Waals surface area (Å²) in [5.41, 5.74) is 4.48. The van der Waals surface area contributed by atoms with E-state index in [9.17, 15) is 4.79 Å². The van der Waals surface area contributed by atoms with E-state index in [-0.39, 0.29) is 19.2 Å². The zero-order valence-electron chi connectivity index (χ0n) is 19.4. The van der Waals surface area contributed by atoms with Crippen LogP contribution in [0.15, 0.2) is 83.5 Å². The van der Waals surface area contributed by atoms with Gasteiger partial charge in [-0.2, -0.15) is 0 Å². The molecule has 0 saturated heterocycles. The third kappa shape index (κ3) is 7.34. The van der Waals surface area contributed by atoms with Gasteiger partial charge in [0.15, 0.2) is 0 Å². The number of carbonyl (C=O) groups excluding carboxylic acids is 1. The van der Waals surface area contributed by atoms with Gasteiger partial charge in [-0.15, -0.1) is 11.8 Å². The number of rotatable bonds is 12. The summed E-state index contributed by atoms with van der Waals surface area (Å²) in [7, 11) is 0. The van der Waals surface area contributed by atoms with E-state index in [1.165, 1.54) is 0 Å². The number of para-hydroxylation sites is 1. The molecule has 2 rings (SSSR count). The topological polar surface area (TPSA) is 44.8 Å². The van der Waals surface area contributed by atoms with E-state index in [2.05, 4.69) is 13.2 Å². The molecule has 0 amide bonds. The second-order valence-corrected chi connectivity index (χ2v) is 8.53. The third-order valence-corrected chi connectivity index (χ3v) is 5.76. The van der Waals surface area contributed by atoms with Crippen LogP contribution >= 0.6 is 11.8 Å². The summed E-state index contributed by atoms with van der Waals surface area (Å²) < 4.78 is 17.1. The SMILES string of the molecule is C=C/C(C)=C(/OCCOC(=O)c1ccccc1SCCOc1c(C)cccc1C)C(=C)C. The van der Waals surface area contributed by atoms with Crippen molar-refractivity contribution in [3.05, 3.63) is 95.3 Å². The number of hydrogen-bond acceptors (Lipinski definition) is 5. The van der Waals surface area contributed by atoms with Gasteiger partial charge in [0, 0.05) is 10.6 Å². The van der Waals surface area contributed by atoms with Crippen molar-refractivity contribution in [2.24, 2.45) is 0 Å². The van der Waals surface area contributed by atoms with Crippen molar-refractivity contribution in [1.82, 2.24) is 0 Å². The van der Waals surface area contributed by atoms with Crippen molar-refractivity contribution in [3.63, 3.8) is 0 Å². The highest BCUT2D eigenvalue weighted by molar-refractivity contribution is 7.99.